The molecule has 1 aromatic carbocycles. The summed E-state index contributed by atoms with van der Waals surface area (Å²) >= 11 is 0. The van der Waals surface area contributed by atoms with E-state index in [1.54, 1.807) is 12.2 Å². The van der Waals surface area contributed by atoms with Gasteiger partial charge in [-0.25, -0.2) is 0 Å². The van der Waals surface area contributed by atoms with E-state index in [2.05, 4.69) is 10.6 Å². The number of carbonyl (C=O) groups is 1. The quantitative estimate of drug-likeness (QED) is 0.810. The maximum absolute atomic E-state index is 11.7. The number of ether oxygens (including phenoxy) is 2. The SMILES string of the molecule is O=C(/C=C/c1ccc2c(c1)OCO2)NCC[C@@H]1CCCN1. The van der Waals surface area contributed by atoms with Crippen LogP contribution in [0.15, 0.2) is 24.3 Å². The van der Waals surface area contributed by atoms with E-state index >= 15 is 0 Å². The summed E-state index contributed by atoms with van der Waals surface area (Å²) in [6, 6.07) is 6.18. The minimum Gasteiger partial charge on any atom is -0.454 e. The van der Waals surface area contributed by atoms with Gasteiger partial charge in [0.2, 0.25) is 12.7 Å². The Morgan fingerprint density at radius 2 is 2.29 bits per heavy atom. The summed E-state index contributed by atoms with van der Waals surface area (Å²) < 4.78 is 10.6. The summed E-state index contributed by atoms with van der Waals surface area (Å²) in [7, 11) is 0. The van der Waals surface area contributed by atoms with Gasteiger partial charge in [-0.1, -0.05) is 6.07 Å². The van der Waals surface area contributed by atoms with Crippen LogP contribution in [-0.4, -0.2) is 31.8 Å². The smallest absolute Gasteiger partial charge is 0.243 e. The summed E-state index contributed by atoms with van der Waals surface area (Å²) in [5.74, 6) is 1.41. The van der Waals surface area contributed by atoms with Gasteiger partial charge in [-0.15, -0.1) is 0 Å². The van der Waals surface area contributed by atoms with Gasteiger partial charge in [0.25, 0.3) is 0 Å². The molecule has 3 rings (SSSR count). The molecule has 1 fully saturated rings. The Balaban J connectivity index is 1.45. The Morgan fingerprint density at radius 1 is 1.38 bits per heavy atom. The molecule has 21 heavy (non-hydrogen) atoms. The van der Waals surface area contributed by atoms with Crippen LogP contribution in [0.4, 0.5) is 0 Å². The van der Waals surface area contributed by atoms with E-state index in [1.165, 1.54) is 12.8 Å². The van der Waals surface area contributed by atoms with Crippen molar-refractivity contribution in [2.75, 3.05) is 19.9 Å². The maximum atomic E-state index is 11.7. The molecule has 1 saturated heterocycles. The van der Waals surface area contributed by atoms with E-state index in [0.717, 1.165) is 30.0 Å². The Labute approximate surface area is 124 Å². The zero-order valence-corrected chi connectivity index (χ0v) is 11.9. The van der Waals surface area contributed by atoms with Crippen molar-refractivity contribution in [3.05, 3.63) is 29.8 Å². The van der Waals surface area contributed by atoms with Crippen LogP contribution in [0.25, 0.3) is 6.08 Å². The number of amides is 1. The van der Waals surface area contributed by atoms with Gasteiger partial charge in [-0.3, -0.25) is 4.79 Å². The molecular weight excluding hydrogens is 268 g/mol. The van der Waals surface area contributed by atoms with E-state index in [1.807, 2.05) is 18.2 Å². The Morgan fingerprint density at radius 3 is 3.14 bits per heavy atom. The minimum absolute atomic E-state index is 0.0642. The highest BCUT2D eigenvalue weighted by atomic mass is 16.7. The third kappa shape index (κ3) is 3.76. The highest BCUT2D eigenvalue weighted by Crippen LogP contribution is 2.32. The maximum Gasteiger partial charge on any atom is 0.243 e. The number of nitrogens with one attached hydrogen (secondary N) is 2. The molecular formula is C16H20N2O3. The van der Waals surface area contributed by atoms with E-state index in [-0.39, 0.29) is 12.7 Å². The molecule has 0 aliphatic carbocycles. The van der Waals surface area contributed by atoms with E-state index in [9.17, 15) is 4.79 Å². The molecule has 2 aliphatic rings. The summed E-state index contributed by atoms with van der Waals surface area (Å²) in [4.78, 5) is 11.7. The summed E-state index contributed by atoms with van der Waals surface area (Å²) in [6.07, 6.45) is 6.78. The largest absolute Gasteiger partial charge is 0.454 e. The molecule has 1 aromatic rings. The van der Waals surface area contributed by atoms with Crippen LogP contribution >= 0.6 is 0 Å². The number of fused-ring (bicyclic) bond motifs is 1. The second-order valence-electron chi connectivity index (χ2n) is 5.32. The standard InChI is InChI=1S/C16H20N2O3/c19-16(18-9-7-13-2-1-8-17-13)6-4-12-3-5-14-15(10-12)21-11-20-14/h3-6,10,13,17H,1-2,7-9,11H2,(H,18,19)/b6-4+/t13-/m0/s1. The minimum atomic E-state index is -0.0642. The lowest BCUT2D eigenvalue weighted by Gasteiger charge is -2.09. The molecule has 1 atom stereocenters. The molecule has 0 unspecified atom stereocenters. The molecule has 1 amide bonds. The van der Waals surface area contributed by atoms with Crippen molar-refractivity contribution < 1.29 is 14.3 Å². The molecule has 112 valence electrons. The lowest BCUT2D eigenvalue weighted by molar-refractivity contribution is -0.116. The van der Waals surface area contributed by atoms with Crippen molar-refractivity contribution in [1.82, 2.24) is 10.6 Å². The van der Waals surface area contributed by atoms with Gasteiger partial charge in [0.05, 0.1) is 0 Å². The average molecular weight is 288 g/mol. The summed E-state index contributed by atoms with van der Waals surface area (Å²) in [5, 5.41) is 6.33. The van der Waals surface area contributed by atoms with Crippen molar-refractivity contribution in [3.8, 4) is 11.5 Å². The predicted octanol–water partition coefficient (Wildman–Crippen LogP) is 1.69. The van der Waals surface area contributed by atoms with Crippen LogP contribution in [-0.2, 0) is 4.79 Å². The zero-order valence-electron chi connectivity index (χ0n) is 11.9. The molecule has 0 bridgehead atoms. The van der Waals surface area contributed by atoms with Crippen LogP contribution in [0.3, 0.4) is 0 Å². The highest BCUT2D eigenvalue weighted by Gasteiger charge is 2.13. The molecule has 2 heterocycles. The van der Waals surface area contributed by atoms with Crippen molar-refractivity contribution >= 4 is 12.0 Å². The Kier molecular flexibility index (Phi) is 4.40. The van der Waals surface area contributed by atoms with Gasteiger partial charge < -0.3 is 20.1 Å². The number of benzene rings is 1. The lowest BCUT2D eigenvalue weighted by atomic mass is 10.1. The molecule has 0 radical (unpaired) electrons. The first-order valence-corrected chi connectivity index (χ1v) is 7.40. The topological polar surface area (TPSA) is 59.6 Å². The Bertz CT molecular complexity index is 536. The van der Waals surface area contributed by atoms with Crippen molar-refractivity contribution in [1.29, 1.82) is 0 Å². The number of hydrogen-bond donors (Lipinski definition) is 2. The Hall–Kier alpha value is -2.01. The predicted molar refractivity (Wildman–Crippen MR) is 80.3 cm³/mol. The molecule has 0 aromatic heterocycles. The first kappa shape index (κ1) is 13.9. The second kappa shape index (κ2) is 6.63. The van der Waals surface area contributed by atoms with Gasteiger partial charge >= 0.3 is 0 Å². The average Bonchev–Trinajstić information content (AvgIpc) is 3.15. The van der Waals surface area contributed by atoms with Crippen LogP contribution in [0, 0.1) is 0 Å². The van der Waals surface area contributed by atoms with E-state index < -0.39 is 0 Å². The first-order chi connectivity index (χ1) is 10.3. The lowest BCUT2D eigenvalue weighted by Crippen LogP contribution is -2.29. The third-order valence-electron chi connectivity index (χ3n) is 3.78. The van der Waals surface area contributed by atoms with Crippen LogP contribution in [0.1, 0.15) is 24.8 Å². The van der Waals surface area contributed by atoms with Crippen LogP contribution in [0.2, 0.25) is 0 Å². The van der Waals surface area contributed by atoms with Gasteiger partial charge in [0, 0.05) is 18.7 Å². The number of rotatable bonds is 5. The summed E-state index contributed by atoms with van der Waals surface area (Å²) in [5.41, 5.74) is 0.923. The van der Waals surface area contributed by atoms with Crippen LogP contribution < -0.4 is 20.1 Å². The summed E-state index contributed by atoms with van der Waals surface area (Å²) in [6.45, 7) is 2.07. The van der Waals surface area contributed by atoms with Gasteiger partial charge in [0.1, 0.15) is 0 Å². The second-order valence-corrected chi connectivity index (χ2v) is 5.32. The molecule has 0 spiro atoms. The van der Waals surface area contributed by atoms with Crippen molar-refractivity contribution in [2.45, 2.75) is 25.3 Å². The molecule has 5 nitrogen and oxygen atoms in total. The van der Waals surface area contributed by atoms with Crippen molar-refractivity contribution in [3.63, 3.8) is 0 Å². The molecule has 2 N–H and O–H groups in total. The first-order valence-electron chi connectivity index (χ1n) is 7.40. The fraction of sp³-hybridized carbons (Fsp3) is 0.438. The van der Waals surface area contributed by atoms with E-state index in [0.29, 0.717) is 12.6 Å². The fourth-order valence-electron chi connectivity index (χ4n) is 2.62. The highest BCUT2D eigenvalue weighted by molar-refractivity contribution is 5.91. The molecule has 5 heteroatoms. The van der Waals surface area contributed by atoms with E-state index in [4.69, 9.17) is 9.47 Å². The number of carbonyl (C=O) groups excluding carboxylic acids is 1. The zero-order chi connectivity index (χ0) is 14.5. The third-order valence-corrected chi connectivity index (χ3v) is 3.78. The van der Waals surface area contributed by atoms with Gasteiger partial charge in [-0.2, -0.15) is 0 Å². The monoisotopic (exact) mass is 288 g/mol. The van der Waals surface area contributed by atoms with Gasteiger partial charge in [0.15, 0.2) is 11.5 Å². The molecule has 2 aliphatic heterocycles. The van der Waals surface area contributed by atoms with Crippen molar-refractivity contribution in [2.24, 2.45) is 0 Å². The molecule has 0 saturated carbocycles. The van der Waals surface area contributed by atoms with Gasteiger partial charge in [-0.05, 0) is 49.6 Å². The van der Waals surface area contributed by atoms with Crippen LogP contribution in [0.5, 0.6) is 11.5 Å². The normalized spacial score (nSPS) is 20.1. The fourth-order valence-corrected chi connectivity index (χ4v) is 2.62. The number of hydrogen-bond acceptors (Lipinski definition) is 4.